The Labute approximate surface area is 109 Å². The number of halogens is 1. The van der Waals surface area contributed by atoms with E-state index >= 15 is 0 Å². The normalized spacial score (nSPS) is 17.4. The molecule has 1 aliphatic rings. The molecule has 0 saturated heterocycles. The van der Waals surface area contributed by atoms with Crippen molar-refractivity contribution in [3.63, 3.8) is 0 Å². The van der Waals surface area contributed by atoms with Crippen LogP contribution in [-0.2, 0) is 0 Å². The highest BCUT2D eigenvalue weighted by atomic mass is 79.9. The monoisotopic (exact) mass is 286 g/mol. The van der Waals surface area contributed by atoms with Crippen LogP contribution < -0.4 is 4.74 Å². The van der Waals surface area contributed by atoms with Gasteiger partial charge in [-0.05, 0) is 29.8 Å². The van der Waals surface area contributed by atoms with Crippen LogP contribution in [0.25, 0.3) is 6.08 Å². The Bertz CT molecular complexity index is 557. The van der Waals surface area contributed by atoms with Gasteiger partial charge in [0.2, 0.25) is 0 Å². The molecule has 1 heterocycles. The van der Waals surface area contributed by atoms with Crippen molar-refractivity contribution >= 4 is 22.0 Å². The second-order valence-electron chi connectivity index (χ2n) is 3.99. The van der Waals surface area contributed by atoms with Gasteiger partial charge in [0.05, 0.1) is 0 Å². The second-order valence-corrected chi connectivity index (χ2v) is 4.90. The quantitative estimate of drug-likeness (QED) is 0.745. The predicted octanol–water partition coefficient (Wildman–Crippen LogP) is 4.60. The van der Waals surface area contributed by atoms with Gasteiger partial charge in [-0.3, -0.25) is 0 Å². The van der Waals surface area contributed by atoms with E-state index in [-0.39, 0.29) is 6.10 Å². The fourth-order valence-electron chi connectivity index (χ4n) is 1.92. The van der Waals surface area contributed by atoms with Crippen LogP contribution in [0.5, 0.6) is 5.75 Å². The van der Waals surface area contributed by atoms with Gasteiger partial charge in [-0.15, -0.1) is 0 Å². The number of para-hydroxylation sites is 1. The van der Waals surface area contributed by atoms with E-state index in [1.807, 2.05) is 30.3 Å². The molecule has 0 N–H and O–H groups in total. The number of rotatable bonds is 1. The topological polar surface area (TPSA) is 9.23 Å². The zero-order chi connectivity index (χ0) is 11.7. The second kappa shape index (κ2) is 4.38. The number of hydrogen-bond donors (Lipinski definition) is 0. The lowest BCUT2D eigenvalue weighted by Crippen LogP contribution is -2.08. The van der Waals surface area contributed by atoms with E-state index in [0.717, 1.165) is 15.8 Å². The molecule has 1 unspecified atom stereocenters. The molecule has 0 radical (unpaired) electrons. The summed E-state index contributed by atoms with van der Waals surface area (Å²) in [5, 5.41) is 0. The summed E-state index contributed by atoms with van der Waals surface area (Å²) in [7, 11) is 0. The Morgan fingerprint density at radius 2 is 1.71 bits per heavy atom. The van der Waals surface area contributed by atoms with E-state index in [9.17, 15) is 0 Å². The van der Waals surface area contributed by atoms with Gasteiger partial charge in [-0.1, -0.05) is 52.3 Å². The molecule has 2 aromatic carbocycles. The zero-order valence-corrected chi connectivity index (χ0v) is 10.7. The van der Waals surface area contributed by atoms with Crippen LogP contribution in [0.1, 0.15) is 17.2 Å². The maximum atomic E-state index is 5.96. The first-order chi connectivity index (χ1) is 8.33. The molecule has 0 saturated carbocycles. The summed E-state index contributed by atoms with van der Waals surface area (Å²) in [6.07, 6.45) is 4.22. The molecule has 84 valence electrons. The first kappa shape index (κ1) is 10.6. The minimum atomic E-state index is 0.0120. The molecule has 0 fully saturated rings. The van der Waals surface area contributed by atoms with Crippen molar-refractivity contribution in [2.75, 3.05) is 0 Å². The van der Waals surface area contributed by atoms with Crippen LogP contribution in [0, 0.1) is 0 Å². The van der Waals surface area contributed by atoms with Crippen LogP contribution in [0.4, 0.5) is 0 Å². The van der Waals surface area contributed by atoms with Gasteiger partial charge >= 0.3 is 0 Å². The van der Waals surface area contributed by atoms with Crippen molar-refractivity contribution in [3.05, 3.63) is 70.2 Å². The highest BCUT2D eigenvalue weighted by Crippen LogP contribution is 2.32. The van der Waals surface area contributed by atoms with Gasteiger partial charge < -0.3 is 4.74 Å². The molecule has 2 aromatic rings. The van der Waals surface area contributed by atoms with Crippen molar-refractivity contribution in [3.8, 4) is 5.75 Å². The maximum absolute atomic E-state index is 5.96. The highest BCUT2D eigenvalue weighted by Gasteiger charge is 2.15. The standard InChI is InChI=1S/C15H11BrO/c16-13-8-5-12(6-9-13)15-10-7-11-3-1-2-4-14(11)17-15/h1-10,15H. The average Bonchev–Trinajstić information content (AvgIpc) is 2.39. The Kier molecular flexibility index (Phi) is 2.73. The minimum absolute atomic E-state index is 0.0120. The van der Waals surface area contributed by atoms with Crippen molar-refractivity contribution in [1.82, 2.24) is 0 Å². The summed E-state index contributed by atoms with van der Waals surface area (Å²) >= 11 is 3.44. The van der Waals surface area contributed by atoms with Crippen molar-refractivity contribution in [2.45, 2.75) is 6.10 Å². The molecule has 1 nitrogen and oxygen atoms in total. The number of ether oxygens (including phenoxy) is 1. The maximum Gasteiger partial charge on any atom is 0.142 e. The summed E-state index contributed by atoms with van der Waals surface area (Å²) in [6.45, 7) is 0. The third kappa shape index (κ3) is 2.13. The molecule has 2 heteroatoms. The van der Waals surface area contributed by atoms with Gasteiger partial charge in [-0.25, -0.2) is 0 Å². The fraction of sp³-hybridized carbons (Fsp3) is 0.0667. The molecular formula is C15H11BrO. The first-order valence-corrected chi connectivity index (χ1v) is 6.31. The predicted molar refractivity (Wildman–Crippen MR) is 73.0 cm³/mol. The third-order valence-corrected chi connectivity index (χ3v) is 3.35. The Morgan fingerprint density at radius 1 is 0.941 bits per heavy atom. The summed E-state index contributed by atoms with van der Waals surface area (Å²) in [4.78, 5) is 0. The van der Waals surface area contributed by atoms with Gasteiger partial charge in [0.15, 0.2) is 0 Å². The largest absolute Gasteiger partial charge is 0.481 e. The molecule has 1 aliphatic heterocycles. The SMILES string of the molecule is Brc1ccc(C2C=Cc3ccccc3O2)cc1. The lowest BCUT2D eigenvalue weighted by molar-refractivity contribution is 0.252. The zero-order valence-electron chi connectivity index (χ0n) is 9.14. The third-order valence-electron chi connectivity index (χ3n) is 2.82. The Morgan fingerprint density at radius 3 is 2.53 bits per heavy atom. The van der Waals surface area contributed by atoms with Crippen LogP contribution in [0.15, 0.2) is 59.1 Å². The molecule has 0 bridgehead atoms. The van der Waals surface area contributed by atoms with Gasteiger partial charge in [-0.2, -0.15) is 0 Å². The number of fused-ring (bicyclic) bond motifs is 1. The lowest BCUT2D eigenvalue weighted by atomic mass is 10.0. The molecule has 0 amide bonds. The average molecular weight is 287 g/mol. The van der Waals surface area contributed by atoms with E-state index in [1.165, 1.54) is 5.56 Å². The number of hydrogen-bond acceptors (Lipinski definition) is 1. The van der Waals surface area contributed by atoms with E-state index in [1.54, 1.807) is 0 Å². The van der Waals surface area contributed by atoms with Crippen LogP contribution in [-0.4, -0.2) is 0 Å². The molecule has 17 heavy (non-hydrogen) atoms. The van der Waals surface area contributed by atoms with Crippen molar-refractivity contribution < 1.29 is 4.74 Å². The smallest absolute Gasteiger partial charge is 0.142 e. The molecule has 0 aromatic heterocycles. The highest BCUT2D eigenvalue weighted by molar-refractivity contribution is 9.10. The summed E-state index contributed by atoms with van der Waals surface area (Å²) in [5.41, 5.74) is 2.31. The minimum Gasteiger partial charge on any atom is -0.481 e. The van der Waals surface area contributed by atoms with E-state index in [0.29, 0.717) is 0 Å². The van der Waals surface area contributed by atoms with E-state index < -0.39 is 0 Å². The summed E-state index contributed by atoms with van der Waals surface area (Å²) in [6, 6.07) is 16.3. The van der Waals surface area contributed by atoms with Gasteiger partial charge in [0.1, 0.15) is 11.9 Å². The van der Waals surface area contributed by atoms with Gasteiger partial charge in [0.25, 0.3) is 0 Å². The summed E-state index contributed by atoms with van der Waals surface area (Å²) in [5.74, 6) is 0.947. The first-order valence-electron chi connectivity index (χ1n) is 5.52. The van der Waals surface area contributed by atoms with Crippen LogP contribution in [0.3, 0.4) is 0 Å². The Hall–Kier alpha value is -1.54. The molecule has 0 aliphatic carbocycles. The molecule has 3 rings (SSSR count). The van der Waals surface area contributed by atoms with Crippen molar-refractivity contribution in [2.24, 2.45) is 0 Å². The van der Waals surface area contributed by atoms with Gasteiger partial charge in [0, 0.05) is 10.0 Å². The van der Waals surface area contributed by atoms with Crippen LogP contribution in [0.2, 0.25) is 0 Å². The fourth-order valence-corrected chi connectivity index (χ4v) is 2.19. The lowest BCUT2D eigenvalue weighted by Gasteiger charge is -2.21. The van der Waals surface area contributed by atoms with E-state index in [4.69, 9.17) is 4.74 Å². The molecule has 1 atom stereocenters. The van der Waals surface area contributed by atoms with Crippen molar-refractivity contribution in [1.29, 1.82) is 0 Å². The molecule has 0 spiro atoms. The summed E-state index contributed by atoms with van der Waals surface area (Å²) < 4.78 is 7.04. The Balaban J connectivity index is 1.92. The molecular weight excluding hydrogens is 276 g/mol. The van der Waals surface area contributed by atoms with E-state index in [2.05, 4.69) is 46.3 Å². The number of benzene rings is 2. The van der Waals surface area contributed by atoms with Crippen LogP contribution >= 0.6 is 15.9 Å².